The van der Waals surface area contributed by atoms with Gasteiger partial charge in [0.2, 0.25) is 11.8 Å². The molecule has 1 aromatic heterocycles. The number of piperidine rings is 1. The van der Waals surface area contributed by atoms with Crippen LogP contribution in [0.25, 0.3) is 11.0 Å². The molecule has 24 heavy (non-hydrogen) atoms. The van der Waals surface area contributed by atoms with Crippen LogP contribution in [-0.2, 0) is 26.8 Å². The molecule has 1 saturated heterocycles. The molecule has 0 aliphatic carbocycles. The fraction of sp³-hybridized carbons (Fsp3) is 0.400. The fourth-order valence-electron chi connectivity index (χ4n) is 2.61. The Kier molecular flexibility index (Phi) is 4.27. The van der Waals surface area contributed by atoms with E-state index in [0.29, 0.717) is 11.9 Å². The third-order valence-electron chi connectivity index (χ3n) is 3.87. The molecule has 2 amide bonds. The first kappa shape index (κ1) is 16.4. The van der Waals surface area contributed by atoms with Gasteiger partial charge in [-0.25, -0.2) is 4.98 Å². The highest BCUT2D eigenvalue weighted by molar-refractivity contribution is 7.87. The van der Waals surface area contributed by atoms with Gasteiger partial charge in [0.05, 0.1) is 17.4 Å². The van der Waals surface area contributed by atoms with Crippen molar-refractivity contribution < 1.29 is 22.2 Å². The Labute approximate surface area is 139 Å². The molecule has 128 valence electrons. The number of imidazole rings is 1. The summed E-state index contributed by atoms with van der Waals surface area (Å²) in [6.07, 6.45) is 2.67. The molecule has 2 heterocycles. The number of fused-ring (bicyclic) bond motifs is 1. The third-order valence-corrected chi connectivity index (χ3v) is 5.00. The Hall–Kier alpha value is -2.42. The number of nitrogens with zero attached hydrogens (tertiary/aromatic N) is 3. The van der Waals surface area contributed by atoms with Crippen molar-refractivity contribution >= 4 is 33.0 Å². The first-order chi connectivity index (χ1) is 11.4. The van der Waals surface area contributed by atoms with Gasteiger partial charge in [-0.2, -0.15) is 8.42 Å². The van der Waals surface area contributed by atoms with Crippen molar-refractivity contribution in [1.29, 1.82) is 0 Å². The molecule has 0 unspecified atom stereocenters. The van der Waals surface area contributed by atoms with E-state index >= 15 is 0 Å². The minimum absolute atomic E-state index is 0.150. The number of carbonyl (C=O) groups excluding carboxylic acids is 2. The lowest BCUT2D eigenvalue weighted by molar-refractivity contribution is -0.147. The van der Waals surface area contributed by atoms with Crippen molar-refractivity contribution in [2.24, 2.45) is 7.05 Å². The monoisotopic (exact) mass is 351 g/mol. The van der Waals surface area contributed by atoms with E-state index < -0.39 is 15.9 Å². The van der Waals surface area contributed by atoms with Crippen LogP contribution in [0.15, 0.2) is 24.5 Å². The smallest absolute Gasteiger partial charge is 0.310 e. The summed E-state index contributed by atoms with van der Waals surface area (Å²) in [5.41, 5.74) is 1.47. The van der Waals surface area contributed by atoms with E-state index in [1.165, 1.54) is 6.07 Å². The predicted octanol–water partition coefficient (Wildman–Crippen LogP) is 0.821. The second-order valence-corrected chi connectivity index (χ2v) is 7.33. The van der Waals surface area contributed by atoms with Crippen LogP contribution in [0.5, 0.6) is 5.75 Å². The molecule has 1 aromatic carbocycles. The Balaban J connectivity index is 1.68. The van der Waals surface area contributed by atoms with Gasteiger partial charge in [-0.1, -0.05) is 0 Å². The lowest BCUT2D eigenvalue weighted by atomic mass is 10.1. The average Bonchev–Trinajstić information content (AvgIpc) is 2.87. The predicted molar refractivity (Wildman–Crippen MR) is 85.7 cm³/mol. The summed E-state index contributed by atoms with van der Waals surface area (Å²) < 4.78 is 31.1. The number of likely N-dealkylation sites (tertiary alicyclic amines) is 1. The summed E-state index contributed by atoms with van der Waals surface area (Å²) >= 11 is 0. The lowest BCUT2D eigenvalue weighted by Gasteiger charge is -2.24. The molecule has 2 aromatic rings. The van der Waals surface area contributed by atoms with Gasteiger partial charge in [0.15, 0.2) is 0 Å². The summed E-state index contributed by atoms with van der Waals surface area (Å²) in [5, 5.41) is 0. The zero-order valence-corrected chi connectivity index (χ0v) is 14.0. The van der Waals surface area contributed by atoms with E-state index in [9.17, 15) is 18.0 Å². The van der Waals surface area contributed by atoms with Gasteiger partial charge in [0.25, 0.3) is 0 Å². The third kappa shape index (κ3) is 3.40. The number of rotatable bonds is 5. The Bertz CT molecular complexity index is 887. The van der Waals surface area contributed by atoms with Crippen molar-refractivity contribution in [2.45, 2.75) is 19.3 Å². The molecule has 9 heteroatoms. The van der Waals surface area contributed by atoms with Crippen molar-refractivity contribution in [2.75, 3.05) is 12.3 Å². The number of aryl methyl sites for hydroxylation is 1. The van der Waals surface area contributed by atoms with E-state index in [1.807, 2.05) is 7.05 Å². The molecular formula is C15H17N3O5S. The van der Waals surface area contributed by atoms with Crippen LogP contribution in [0, 0.1) is 0 Å². The fourth-order valence-corrected chi connectivity index (χ4v) is 3.49. The number of carbonyl (C=O) groups is 2. The van der Waals surface area contributed by atoms with Gasteiger partial charge >= 0.3 is 10.1 Å². The molecule has 3 rings (SSSR count). The SMILES string of the molecule is Cn1cnc2cc(OS(=O)(=O)CCN3C(=O)CCCC3=O)ccc21. The number of benzene rings is 1. The summed E-state index contributed by atoms with van der Waals surface area (Å²) in [5.74, 6) is -0.963. The van der Waals surface area contributed by atoms with E-state index in [-0.39, 0.29) is 37.0 Å². The minimum atomic E-state index is -3.92. The van der Waals surface area contributed by atoms with E-state index in [1.54, 1.807) is 23.0 Å². The normalized spacial score (nSPS) is 16.0. The average molecular weight is 351 g/mol. The molecule has 8 nitrogen and oxygen atoms in total. The van der Waals surface area contributed by atoms with Gasteiger partial charge in [-0.3, -0.25) is 14.5 Å². The first-order valence-electron chi connectivity index (χ1n) is 7.52. The van der Waals surface area contributed by atoms with Crippen LogP contribution in [0.4, 0.5) is 0 Å². The van der Waals surface area contributed by atoms with Gasteiger partial charge in [-0.15, -0.1) is 0 Å². The molecule has 0 bridgehead atoms. The second-order valence-electron chi connectivity index (χ2n) is 5.64. The molecular weight excluding hydrogens is 334 g/mol. The van der Waals surface area contributed by atoms with Gasteiger partial charge in [0, 0.05) is 32.5 Å². The summed E-state index contributed by atoms with van der Waals surface area (Å²) in [7, 11) is -2.09. The maximum atomic E-state index is 12.1. The Morgan fingerprint density at radius 1 is 1.21 bits per heavy atom. The highest BCUT2D eigenvalue weighted by atomic mass is 32.2. The first-order valence-corrected chi connectivity index (χ1v) is 9.10. The van der Waals surface area contributed by atoms with Gasteiger partial charge < -0.3 is 8.75 Å². The standard InChI is InChI=1S/C15H17N3O5S/c1-17-10-16-12-9-11(5-6-13(12)17)23-24(21,22)8-7-18-14(19)3-2-4-15(18)20/h5-6,9-10H,2-4,7-8H2,1H3. The molecule has 0 radical (unpaired) electrons. The summed E-state index contributed by atoms with van der Waals surface area (Å²) in [4.78, 5) is 28.5. The van der Waals surface area contributed by atoms with E-state index in [2.05, 4.69) is 4.98 Å². The van der Waals surface area contributed by atoms with E-state index in [4.69, 9.17) is 4.18 Å². The largest absolute Gasteiger partial charge is 0.382 e. The molecule has 0 saturated carbocycles. The van der Waals surface area contributed by atoms with Crippen LogP contribution < -0.4 is 4.18 Å². The number of amides is 2. The zero-order valence-electron chi connectivity index (χ0n) is 13.1. The molecule has 1 aliphatic rings. The molecule has 1 aliphatic heterocycles. The number of imide groups is 1. The van der Waals surface area contributed by atoms with Crippen LogP contribution in [0.2, 0.25) is 0 Å². The topological polar surface area (TPSA) is 98.6 Å². The van der Waals surface area contributed by atoms with Crippen LogP contribution in [0.3, 0.4) is 0 Å². The maximum Gasteiger partial charge on any atom is 0.310 e. The molecule has 0 atom stereocenters. The number of aromatic nitrogens is 2. The van der Waals surface area contributed by atoms with Crippen LogP contribution >= 0.6 is 0 Å². The van der Waals surface area contributed by atoms with Crippen molar-refractivity contribution in [3.8, 4) is 5.75 Å². The minimum Gasteiger partial charge on any atom is -0.382 e. The lowest BCUT2D eigenvalue weighted by Crippen LogP contribution is -2.43. The second kappa shape index (κ2) is 6.23. The maximum absolute atomic E-state index is 12.1. The highest BCUT2D eigenvalue weighted by Crippen LogP contribution is 2.21. The van der Waals surface area contributed by atoms with Crippen molar-refractivity contribution in [1.82, 2.24) is 14.5 Å². The Morgan fingerprint density at radius 2 is 1.92 bits per heavy atom. The number of hydrogen-bond acceptors (Lipinski definition) is 6. The van der Waals surface area contributed by atoms with Gasteiger partial charge in [-0.05, 0) is 18.6 Å². The summed E-state index contributed by atoms with van der Waals surface area (Å²) in [6.45, 7) is -0.189. The number of hydrogen-bond donors (Lipinski definition) is 0. The van der Waals surface area contributed by atoms with E-state index in [0.717, 1.165) is 10.4 Å². The van der Waals surface area contributed by atoms with Crippen LogP contribution in [-0.4, -0.2) is 47.0 Å². The highest BCUT2D eigenvalue weighted by Gasteiger charge is 2.27. The quantitative estimate of drug-likeness (QED) is 0.584. The molecule has 0 N–H and O–H groups in total. The Morgan fingerprint density at radius 3 is 2.62 bits per heavy atom. The van der Waals surface area contributed by atoms with Gasteiger partial charge in [0.1, 0.15) is 11.5 Å². The molecule has 0 spiro atoms. The van der Waals surface area contributed by atoms with Crippen LogP contribution in [0.1, 0.15) is 19.3 Å². The molecule has 1 fully saturated rings. The summed E-state index contributed by atoms with van der Waals surface area (Å²) in [6, 6.07) is 4.79. The van der Waals surface area contributed by atoms with Crippen molar-refractivity contribution in [3.63, 3.8) is 0 Å². The van der Waals surface area contributed by atoms with Crippen molar-refractivity contribution in [3.05, 3.63) is 24.5 Å². The zero-order chi connectivity index (χ0) is 17.3.